The van der Waals surface area contributed by atoms with Gasteiger partial charge >= 0.3 is 5.97 Å². The second-order valence-electron chi connectivity index (χ2n) is 8.39. The number of benzene rings is 1. The Labute approximate surface area is 183 Å². The van der Waals surface area contributed by atoms with Crippen molar-refractivity contribution in [2.24, 2.45) is 11.7 Å². The van der Waals surface area contributed by atoms with Gasteiger partial charge in [0.05, 0.1) is 16.6 Å². The molecule has 0 spiro atoms. The molecule has 2 saturated heterocycles. The highest BCUT2D eigenvalue weighted by Gasteiger charge is 2.51. The van der Waals surface area contributed by atoms with E-state index in [-0.39, 0.29) is 41.0 Å². The lowest BCUT2D eigenvalue weighted by Gasteiger charge is -2.27. The molecule has 1 aromatic carbocycles. The van der Waals surface area contributed by atoms with Gasteiger partial charge in [-0.05, 0) is 25.3 Å². The molecule has 1 saturated carbocycles. The van der Waals surface area contributed by atoms with Crippen LogP contribution in [0, 0.1) is 23.1 Å². The zero-order chi connectivity index (χ0) is 21.2. The molecule has 5 rings (SSSR count). The molecule has 31 heavy (non-hydrogen) atoms. The van der Waals surface area contributed by atoms with Crippen LogP contribution in [0.1, 0.15) is 41.2 Å². The Morgan fingerprint density at radius 3 is 2.74 bits per heavy atom. The zero-order valence-electron chi connectivity index (χ0n) is 16.6. The van der Waals surface area contributed by atoms with Crippen LogP contribution < -0.4 is 16.1 Å². The maximum Gasteiger partial charge on any atom is 0.341 e. The number of carboxylic acids is 1. The number of nitrogens with zero attached hydrogens (tertiary/aromatic N) is 3. The van der Waals surface area contributed by atoms with E-state index in [0.717, 1.165) is 25.3 Å². The first-order valence-corrected chi connectivity index (χ1v) is 10.0. The normalized spacial score (nSPS) is 24.7. The van der Waals surface area contributed by atoms with Crippen molar-refractivity contribution < 1.29 is 19.0 Å². The van der Waals surface area contributed by atoms with E-state index in [4.69, 9.17) is 10.5 Å². The summed E-state index contributed by atoms with van der Waals surface area (Å²) in [7, 11) is 0. The van der Waals surface area contributed by atoms with Gasteiger partial charge in [0.15, 0.2) is 0 Å². The predicted octanol–water partition coefficient (Wildman–Crippen LogP) is 2.02. The van der Waals surface area contributed by atoms with Gasteiger partial charge in [-0.15, -0.1) is 12.4 Å². The standard InChI is InChI=1S/C21H21FN4O4.ClH/c22-16-5-13-17(26(12-1-2-12)8-15(19(13)27)20(28)29)14(6-23)18(16)25-7-11-3-4-30-21(11,9-24)10-25;/h5,8,11-12H,1-4,7,9-10,24H2,(H,28,29);1H. The summed E-state index contributed by atoms with van der Waals surface area (Å²) in [6, 6.07) is 3.16. The zero-order valence-corrected chi connectivity index (χ0v) is 17.5. The minimum atomic E-state index is -1.37. The third-order valence-corrected chi connectivity index (χ3v) is 6.68. The van der Waals surface area contributed by atoms with Gasteiger partial charge in [-0.1, -0.05) is 0 Å². The number of carboxylic acid groups (broad SMARTS) is 1. The van der Waals surface area contributed by atoms with Crippen LogP contribution in [0.15, 0.2) is 17.1 Å². The molecular formula is C21H22ClFN4O4. The number of hydrogen-bond acceptors (Lipinski definition) is 6. The molecule has 3 aliphatic rings. The van der Waals surface area contributed by atoms with Gasteiger partial charge in [0.1, 0.15) is 28.6 Å². The average molecular weight is 449 g/mol. The highest BCUT2D eigenvalue weighted by atomic mass is 35.5. The van der Waals surface area contributed by atoms with E-state index in [2.05, 4.69) is 6.07 Å². The second kappa shape index (κ2) is 7.48. The average Bonchev–Trinajstić information content (AvgIpc) is 3.39. The molecule has 164 valence electrons. The van der Waals surface area contributed by atoms with Crippen molar-refractivity contribution in [2.45, 2.75) is 30.9 Å². The second-order valence-corrected chi connectivity index (χ2v) is 8.39. The SMILES string of the molecule is Cl.N#Cc1c(N2CC3CCOC3(CN)C2)c(F)cc2c(=O)c(C(=O)O)cn(C3CC3)c12. The number of nitriles is 1. The number of hydrogen-bond donors (Lipinski definition) is 2. The van der Waals surface area contributed by atoms with Crippen LogP contribution >= 0.6 is 12.4 Å². The highest BCUT2D eigenvalue weighted by Crippen LogP contribution is 2.44. The van der Waals surface area contributed by atoms with Gasteiger partial charge in [0.25, 0.3) is 0 Å². The molecule has 3 heterocycles. The fraction of sp³-hybridized carbons (Fsp3) is 0.476. The minimum absolute atomic E-state index is 0. The smallest absolute Gasteiger partial charge is 0.341 e. The lowest BCUT2D eigenvalue weighted by Crippen LogP contribution is -2.44. The number of ether oxygens (including phenoxy) is 1. The number of pyridine rings is 1. The van der Waals surface area contributed by atoms with Crippen molar-refractivity contribution in [1.29, 1.82) is 5.26 Å². The van der Waals surface area contributed by atoms with Gasteiger partial charge < -0.3 is 25.0 Å². The maximum atomic E-state index is 15.3. The number of carbonyl (C=O) groups is 1. The molecule has 1 aromatic heterocycles. The number of fused-ring (bicyclic) bond motifs is 2. The summed E-state index contributed by atoms with van der Waals surface area (Å²) in [5, 5.41) is 19.3. The van der Waals surface area contributed by atoms with E-state index in [0.29, 0.717) is 31.8 Å². The van der Waals surface area contributed by atoms with E-state index in [9.17, 15) is 20.0 Å². The number of rotatable bonds is 4. The molecule has 10 heteroatoms. The molecule has 2 aromatic rings. The lowest BCUT2D eigenvalue weighted by atomic mass is 9.91. The molecule has 8 nitrogen and oxygen atoms in total. The van der Waals surface area contributed by atoms with Crippen molar-refractivity contribution in [2.75, 3.05) is 31.1 Å². The van der Waals surface area contributed by atoms with Crippen LogP contribution in [0.25, 0.3) is 10.9 Å². The Morgan fingerprint density at radius 2 is 2.16 bits per heavy atom. The topological polar surface area (TPSA) is 122 Å². The first kappa shape index (κ1) is 21.6. The highest BCUT2D eigenvalue weighted by molar-refractivity contribution is 5.96. The Bertz CT molecular complexity index is 1190. The number of halogens is 2. The summed E-state index contributed by atoms with van der Waals surface area (Å²) in [6.07, 6.45) is 3.73. The van der Waals surface area contributed by atoms with Crippen molar-refractivity contribution in [1.82, 2.24) is 4.57 Å². The number of aromatic nitrogens is 1. The third-order valence-electron chi connectivity index (χ3n) is 6.68. The third kappa shape index (κ3) is 3.09. The van der Waals surface area contributed by atoms with Crippen LogP contribution in [-0.2, 0) is 4.74 Å². The summed E-state index contributed by atoms with van der Waals surface area (Å²) in [6.45, 7) is 1.79. The molecule has 0 radical (unpaired) electrons. The van der Waals surface area contributed by atoms with Crippen LogP contribution in [0.5, 0.6) is 0 Å². The number of nitrogens with two attached hydrogens (primary N) is 1. The predicted molar refractivity (Wildman–Crippen MR) is 113 cm³/mol. The largest absolute Gasteiger partial charge is 0.477 e. The van der Waals surface area contributed by atoms with Crippen LogP contribution in [0.3, 0.4) is 0 Å². The van der Waals surface area contributed by atoms with E-state index < -0.39 is 28.4 Å². The van der Waals surface area contributed by atoms with Gasteiger partial charge in [0.2, 0.25) is 5.43 Å². The Morgan fingerprint density at radius 1 is 1.42 bits per heavy atom. The number of anilines is 1. The van der Waals surface area contributed by atoms with E-state index in [1.165, 1.54) is 6.20 Å². The fourth-order valence-corrected chi connectivity index (χ4v) is 5.02. The van der Waals surface area contributed by atoms with E-state index >= 15 is 4.39 Å². The summed E-state index contributed by atoms with van der Waals surface area (Å²) in [5.74, 6) is -1.94. The summed E-state index contributed by atoms with van der Waals surface area (Å²) in [4.78, 5) is 26.1. The van der Waals surface area contributed by atoms with Crippen molar-refractivity contribution in [3.05, 3.63) is 39.4 Å². The summed E-state index contributed by atoms with van der Waals surface area (Å²) in [5.41, 5.74) is 4.70. The molecule has 0 bridgehead atoms. The van der Waals surface area contributed by atoms with E-state index in [1.807, 2.05) is 0 Å². The van der Waals surface area contributed by atoms with Gasteiger partial charge in [0, 0.05) is 44.4 Å². The number of aromatic carboxylic acids is 1. The van der Waals surface area contributed by atoms with Gasteiger partial charge in [-0.3, -0.25) is 4.79 Å². The molecule has 0 amide bonds. The fourth-order valence-electron chi connectivity index (χ4n) is 5.02. The first-order chi connectivity index (χ1) is 14.4. The minimum Gasteiger partial charge on any atom is -0.477 e. The molecule has 2 atom stereocenters. The molecule has 1 aliphatic carbocycles. The first-order valence-electron chi connectivity index (χ1n) is 10.0. The molecule has 3 fully saturated rings. The monoisotopic (exact) mass is 448 g/mol. The van der Waals surface area contributed by atoms with Crippen molar-refractivity contribution in [3.63, 3.8) is 0 Å². The van der Waals surface area contributed by atoms with Crippen LogP contribution in [-0.4, -0.2) is 47.5 Å². The Hall–Kier alpha value is -2.67. The molecule has 2 aliphatic heterocycles. The van der Waals surface area contributed by atoms with Gasteiger partial charge in [-0.2, -0.15) is 5.26 Å². The van der Waals surface area contributed by atoms with E-state index in [1.54, 1.807) is 9.47 Å². The molecule has 2 unspecified atom stereocenters. The van der Waals surface area contributed by atoms with Crippen LogP contribution in [0.4, 0.5) is 10.1 Å². The lowest BCUT2D eigenvalue weighted by molar-refractivity contribution is 0.0126. The van der Waals surface area contributed by atoms with Crippen molar-refractivity contribution >= 4 is 35.0 Å². The molecule has 3 N–H and O–H groups in total. The maximum absolute atomic E-state index is 15.3. The quantitative estimate of drug-likeness (QED) is 0.733. The summed E-state index contributed by atoms with van der Waals surface area (Å²) < 4.78 is 22.9. The molecular weight excluding hydrogens is 427 g/mol. The Balaban J connectivity index is 0.00000231. The van der Waals surface area contributed by atoms with Gasteiger partial charge in [-0.25, -0.2) is 9.18 Å². The summed E-state index contributed by atoms with van der Waals surface area (Å²) >= 11 is 0. The van der Waals surface area contributed by atoms with Crippen molar-refractivity contribution in [3.8, 4) is 6.07 Å². The Kier molecular flexibility index (Phi) is 5.20. The van der Waals surface area contributed by atoms with Crippen LogP contribution in [0.2, 0.25) is 0 Å².